The molecule has 100 valence electrons. The highest BCUT2D eigenvalue weighted by Gasteiger charge is 2.13. The van der Waals surface area contributed by atoms with Crippen molar-refractivity contribution in [2.24, 2.45) is 0 Å². The third-order valence-corrected chi connectivity index (χ3v) is 2.79. The van der Waals surface area contributed by atoms with Crippen LogP contribution < -0.4 is 4.90 Å². The number of aliphatic hydroxyl groups excluding tert-OH is 1. The number of aliphatic hydroxyl groups is 1. The summed E-state index contributed by atoms with van der Waals surface area (Å²) in [5, 5.41) is 9.01. The van der Waals surface area contributed by atoms with E-state index in [0.29, 0.717) is 6.54 Å². The third-order valence-electron chi connectivity index (χ3n) is 2.79. The van der Waals surface area contributed by atoms with Crippen molar-refractivity contribution in [2.75, 3.05) is 11.9 Å². The van der Waals surface area contributed by atoms with Crippen molar-refractivity contribution in [3.63, 3.8) is 0 Å². The number of anilines is 1. The van der Waals surface area contributed by atoms with Crippen LogP contribution in [0.4, 0.5) is 14.6 Å². The van der Waals surface area contributed by atoms with Crippen molar-refractivity contribution in [2.45, 2.75) is 13.2 Å². The molecule has 0 spiro atoms. The van der Waals surface area contributed by atoms with Crippen molar-refractivity contribution in [1.29, 1.82) is 0 Å². The van der Waals surface area contributed by atoms with Crippen LogP contribution in [0.2, 0.25) is 0 Å². The summed E-state index contributed by atoms with van der Waals surface area (Å²) in [5.41, 5.74) is 0.911. The zero-order valence-corrected chi connectivity index (χ0v) is 10.5. The summed E-state index contributed by atoms with van der Waals surface area (Å²) in [6.07, 6.45) is 1.44. The SMILES string of the molecule is CN(Cc1cccc(F)c1)c1nccc(CO)c1F. The minimum atomic E-state index is -0.552. The fourth-order valence-electron chi connectivity index (χ4n) is 1.84. The minimum Gasteiger partial charge on any atom is -0.392 e. The first kappa shape index (κ1) is 13.4. The molecule has 1 N–H and O–H groups in total. The molecule has 1 aromatic carbocycles. The van der Waals surface area contributed by atoms with E-state index in [-0.39, 0.29) is 23.8 Å². The first-order chi connectivity index (χ1) is 9.11. The van der Waals surface area contributed by atoms with Crippen LogP contribution in [0.3, 0.4) is 0 Å². The molecule has 0 bridgehead atoms. The lowest BCUT2D eigenvalue weighted by atomic mass is 10.2. The number of hydrogen-bond donors (Lipinski definition) is 1. The molecule has 3 nitrogen and oxygen atoms in total. The Labute approximate surface area is 110 Å². The molecule has 0 aliphatic carbocycles. The molecule has 0 unspecified atom stereocenters. The summed E-state index contributed by atoms with van der Waals surface area (Å²) in [6.45, 7) is -0.0499. The largest absolute Gasteiger partial charge is 0.392 e. The van der Waals surface area contributed by atoms with Crippen LogP contribution >= 0.6 is 0 Å². The van der Waals surface area contributed by atoms with Gasteiger partial charge in [0, 0.05) is 25.4 Å². The second kappa shape index (κ2) is 5.75. The predicted molar refractivity (Wildman–Crippen MR) is 68.6 cm³/mol. The number of nitrogens with zero attached hydrogens (tertiary/aromatic N) is 2. The van der Waals surface area contributed by atoms with E-state index < -0.39 is 5.82 Å². The molecule has 0 aliphatic rings. The van der Waals surface area contributed by atoms with E-state index in [9.17, 15) is 8.78 Å². The standard InChI is InChI=1S/C14H14F2N2O/c1-18(8-10-3-2-4-12(15)7-10)14-13(16)11(9-19)5-6-17-14/h2-7,19H,8-9H2,1H3. The summed E-state index contributed by atoms with van der Waals surface area (Å²) >= 11 is 0. The summed E-state index contributed by atoms with van der Waals surface area (Å²) in [6, 6.07) is 7.54. The zero-order chi connectivity index (χ0) is 13.8. The van der Waals surface area contributed by atoms with Crippen molar-refractivity contribution >= 4 is 5.82 Å². The lowest BCUT2D eigenvalue weighted by Gasteiger charge is -2.19. The van der Waals surface area contributed by atoms with Gasteiger partial charge in [-0.1, -0.05) is 12.1 Å². The van der Waals surface area contributed by atoms with Gasteiger partial charge in [-0.25, -0.2) is 13.8 Å². The van der Waals surface area contributed by atoms with E-state index in [2.05, 4.69) is 4.98 Å². The molecule has 0 atom stereocenters. The van der Waals surface area contributed by atoms with E-state index in [4.69, 9.17) is 5.11 Å². The summed E-state index contributed by atoms with van der Waals surface area (Å²) in [7, 11) is 1.66. The maximum Gasteiger partial charge on any atom is 0.171 e. The van der Waals surface area contributed by atoms with Crippen molar-refractivity contribution in [1.82, 2.24) is 4.98 Å². The molecule has 1 aromatic heterocycles. The summed E-state index contributed by atoms with van der Waals surface area (Å²) < 4.78 is 27.0. The number of halogens is 2. The molecule has 2 rings (SSSR count). The van der Waals surface area contributed by atoms with Gasteiger partial charge in [0.1, 0.15) is 5.82 Å². The molecular weight excluding hydrogens is 250 g/mol. The van der Waals surface area contributed by atoms with Gasteiger partial charge in [-0.2, -0.15) is 0 Å². The van der Waals surface area contributed by atoms with Crippen molar-refractivity contribution < 1.29 is 13.9 Å². The molecule has 0 radical (unpaired) electrons. The monoisotopic (exact) mass is 264 g/mol. The number of hydrogen-bond acceptors (Lipinski definition) is 3. The van der Waals surface area contributed by atoms with Gasteiger partial charge in [0.15, 0.2) is 11.6 Å². The van der Waals surface area contributed by atoms with Gasteiger partial charge in [0.05, 0.1) is 6.61 Å². The number of pyridine rings is 1. The van der Waals surface area contributed by atoms with Crippen molar-refractivity contribution in [3.05, 3.63) is 59.3 Å². The highest BCUT2D eigenvalue weighted by atomic mass is 19.1. The molecule has 0 saturated heterocycles. The Morgan fingerprint density at radius 1 is 1.26 bits per heavy atom. The number of aromatic nitrogens is 1. The fraction of sp³-hybridized carbons (Fsp3) is 0.214. The van der Waals surface area contributed by atoms with E-state index in [1.54, 1.807) is 24.1 Å². The Hall–Kier alpha value is -2.01. The first-order valence-corrected chi connectivity index (χ1v) is 5.81. The van der Waals surface area contributed by atoms with Crippen molar-refractivity contribution in [3.8, 4) is 0 Å². The molecule has 0 saturated carbocycles. The minimum absolute atomic E-state index is 0.135. The lowest BCUT2D eigenvalue weighted by Crippen LogP contribution is -2.19. The lowest BCUT2D eigenvalue weighted by molar-refractivity contribution is 0.275. The highest BCUT2D eigenvalue weighted by molar-refractivity contribution is 5.43. The van der Waals surface area contributed by atoms with Crippen LogP contribution in [-0.2, 0) is 13.2 Å². The fourth-order valence-corrected chi connectivity index (χ4v) is 1.84. The van der Waals surface area contributed by atoms with E-state index >= 15 is 0 Å². The van der Waals surface area contributed by atoms with Crippen LogP contribution in [0.15, 0.2) is 36.5 Å². The normalized spacial score (nSPS) is 10.5. The Morgan fingerprint density at radius 2 is 2.05 bits per heavy atom. The van der Waals surface area contributed by atoms with Crippen LogP contribution in [0.1, 0.15) is 11.1 Å². The van der Waals surface area contributed by atoms with Gasteiger partial charge < -0.3 is 10.0 Å². The smallest absolute Gasteiger partial charge is 0.171 e. The summed E-state index contributed by atoms with van der Waals surface area (Å²) in [4.78, 5) is 5.52. The van der Waals surface area contributed by atoms with Crippen LogP contribution in [0.25, 0.3) is 0 Å². The third kappa shape index (κ3) is 3.06. The topological polar surface area (TPSA) is 36.4 Å². The Morgan fingerprint density at radius 3 is 2.74 bits per heavy atom. The maximum atomic E-state index is 14.0. The molecular formula is C14H14F2N2O. The molecule has 1 heterocycles. The maximum absolute atomic E-state index is 14.0. The molecule has 0 amide bonds. The molecule has 19 heavy (non-hydrogen) atoms. The van der Waals surface area contributed by atoms with Crippen LogP contribution in [-0.4, -0.2) is 17.1 Å². The Kier molecular flexibility index (Phi) is 4.06. The van der Waals surface area contributed by atoms with Crippen LogP contribution in [0.5, 0.6) is 0 Å². The van der Waals surface area contributed by atoms with E-state index in [1.807, 2.05) is 0 Å². The van der Waals surface area contributed by atoms with Gasteiger partial charge in [-0.05, 0) is 23.8 Å². The Balaban J connectivity index is 2.23. The molecule has 0 fully saturated rings. The Bertz CT molecular complexity index is 575. The first-order valence-electron chi connectivity index (χ1n) is 5.81. The number of rotatable bonds is 4. The quantitative estimate of drug-likeness (QED) is 0.921. The second-order valence-corrected chi connectivity index (χ2v) is 4.25. The summed E-state index contributed by atoms with van der Waals surface area (Å²) in [5.74, 6) is -0.747. The predicted octanol–water partition coefficient (Wildman–Crippen LogP) is 2.49. The van der Waals surface area contributed by atoms with Gasteiger partial charge in [0.25, 0.3) is 0 Å². The molecule has 0 aliphatic heterocycles. The van der Waals surface area contributed by atoms with Gasteiger partial charge in [0.2, 0.25) is 0 Å². The van der Waals surface area contributed by atoms with Gasteiger partial charge in [-0.15, -0.1) is 0 Å². The van der Waals surface area contributed by atoms with Crippen LogP contribution in [0, 0.1) is 11.6 Å². The average Bonchev–Trinajstić information content (AvgIpc) is 2.39. The average molecular weight is 264 g/mol. The van der Waals surface area contributed by atoms with E-state index in [1.165, 1.54) is 24.4 Å². The zero-order valence-electron chi connectivity index (χ0n) is 10.5. The number of benzene rings is 1. The van der Waals surface area contributed by atoms with Gasteiger partial charge in [-0.3, -0.25) is 0 Å². The van der Waals surface area contributed by atoms with E-state index in [0.717, 1.165) is 5.56 Å². The molecule has 5 heteroatoms. The second-order valence-electron chi connectivity index (χ2n) is 4.25. The van der Waals surface area contributed by atoms with Gasteiger partial charge >= 0.3 is 0 Å². The highest BCUT2D eigenvalue weighted by Crippen LogP contribution is 2.20. The molecule has 2 aromatic rings.